The number of esters is 1. The minimum absolute atomic E-state index is 0.129. The zero-order chi connectivity index (χ0) is 14.5. The molecular weight excluding hydrogens is 295 g/mol. The van der Waals surface area contributed by atoms with Gasteiger partial charge in [-0.2, -0.15) is 0 Å². The first-order valence-corrected chi connectivity index (χ1v) is 7.05. The van der Waals surface area contributed by atoms with Crippen molar-refractivity contribution in [1.82, 2.24) is 0 Å². The molecule has 104 valence electrons. The minimum atomic E-state index is -0.362. The second-order valence-electron chi connectivity index (χ2n) is 4.36. The molecule has 0 aliphatic rings. The number of hydrogen-bond acceptors (Lipinski definition) is 2. The van der Waals surface area contributed by atoms with Gasteiger partial charge < -0.3 is 4.74 Å². The quantitative estimate of drug-likeness (QED) is 0.750. The lowest BCUT2D eigenvalue weighted by Gasteiger charge is -2.07. The van der Waals surface area contributed by atoms with Crippen LogP contribution in [0.2, 0.25) is 10.0 Å². The van der Waals surface area contributed by atoms with Gasteiger partial charge in [0.25, 0.3) is 0 Å². The number of rotatable bonds is 4. The predicted molar refractivity (Wildman–Crippen MR) is 81.4 cm³/mol. The van der Waals surface area contributed by atoms with Gasteiger partial charge in [0.1, 0.15) is 6.61 Å². The number of halogens is 2. The van der Waals surface area contributed by atoms with E-state index >= 15 is 0 Å². The van der Waals surface area contributed by atoms with Gasteiger partial charge in [-0.1, -0.05) is 48.3 Å². The van der Waals surface area contributed by atoms with E-state index in [1.54, 1.807) is 30.3 Å². The molecule has 2 rings (SSSR count). The number of ether oxygens (including phenoxy) is 1. The summed E-state index contributed by atoms with van der Waals surface area (Å²) in [5, 5.41) is 1.05. The summed E-state index contributed by atoms with van der Waals surface area (Å²) < 4.78 is 5.24. The maximum Gasteiger partial charge on any atom is 0.338 e. The van der Waals surface area contributed by atoms with E-state index < -0.39 is 0 Å². The minimum Gasteiger partial charge on any atom is -0.457 e. The summed E-state index contributed by atoms with van der Waals surface area (Å²) in [7, 11) is 0. The Kier molecular flexibility index (Phi) is 5.05. The van der Waals surface area contributed by atoms with Crippen molar-refractivity contribution in [3.8, 4) is 0 Å². The largest absolute Gasteiger partial charge is 0.457 e. The maximum atomic E-state index is 11.9. The molecule has 0 radical (unpaired) electrons. The Morgan fingerprint density at radius 2 is 1.80 bits per heavy atom. The summed E-state index contributed by atoms with van der Waals surface area (Å²) in [4.78, 5) is 11.9. The molecule has 0 N–H and O–H groups in total. The zero-order valence-corrected chi connectivity index (χ0v) is 12.5. The van der Waals surface area contributed by atoms with Gasteiger partial charge in [0, 0.05) is 15.6 Å². The highest BCUT2D eigenvalue weighted by Gasteiger charge is 2.09. The van der Waals surface area contributed by atoms with Crippen molar-refractivity contribution in [2.45, 2.75) is 20.0 Å². The smallest absolute Gasteiger partial charge is 0.338 e. The van der Waals surface area contributed by atoms with Crippen LogP contribution in [0.1, 0.15) is 28.4 Å². The van der Waals surface area contributed by atoms with Gasteiger partial charge in [0.15, 0.2) is 0 Å². The average Bonchev–Trinajstić information content (AvgIpc) is 2.46. The number of carbonyl (C=O) groups is 1. The highest BCUT2D eigenvalue weighted by atomic mass is 35.5. The van der Waals surface area contributed by atoms with E-state index in [0.29, 0.717) is 15.6 Å². The summed E-state index contributed by atoms with van der Waals surface area (Å²) in [5.41, 5.74) is 2.45. The molecule has 0 amide bonds. The van der Waals surface area contributed by atoms with Crippen molar-refractivity contribution in [1.29, 1.82) is 0 Å². The molecular formula is C16H14Cl2O2. The zero-order valence-electron chi connectivity index (χ0n) is 11.0. The van der Waals surface area contributed by atoms with Crippen LogP contribution in [0.5, 0.6) is 0 Å². The maximum absolute atomic E-state index is 11.9. The van der Waals surface area contributed by atoms with Crippen molar-refractivity contribution < 1.29 is 9.53 Å². The van der Waals surface area contributed by atoms with Gasteiger partial charge >= 0.3 is 5.97 Å². The lowest BCUT2D eigenvalue weighted by atomic mass is 10.1. The number of hydrogen-bond donors (Lipinski definition) is 0. The fraction of sp³-hybridized carbons (Fsp3) is 0.188. The van der Waals surface area contributed by atoms with Gasteiger partial charge in [-0.05, 0) is 36.2 Å². The van der Waals surface area contributed by atoms with Crippen LogP contribution in [0, 0.1) is 0 Å². The molecule has 0 aliphatic carbocycles. The molecule has 0 atom stereocenters. The van der Waals surface area contributed by atoms with Crippen LogP contribution in [0.3, 0.4) is 0 Å². The van der Waals surface area contributed by atoms with Crippen LogP contribution in [0.15, 0.2) is 42.5 Å². The molecule has 0 heterocycles. The molecule has 0 saturated heterocycles. The molecule has 4 heteroatoms. The van der Waals surface area contributed by atoms with Crippen molar-refractivity contribution in [3.63, 3.8) is 0 Å². The molecule has 0 bridgehead atoms. The lowest BCUT2D eigenvalue weighted by Crippen LogP contribution is -2.05. The van der Waals surface area contributed by atoms with Gasteiger partial charge in [-0.25, -0.2) is 4.79 Å². The van der Waals surface area contributed by atoms with Crippen LogP contribution in [0.4, 0.5) is 0 Å². The Morgan fingerprint density at radius 1 is 1.10 bits per heavy atom. The molecule has 0 unspecified atom stereocenters. The van der Waals surface area contributed by atoms with E-state index in [0.717, 1.165) is 12.0 Å². The molecule has 0 saturated carbocycles. The van der Waals surface area contributed by atoms with E-state index in [1.807, 2.05) is 12.1 Å². The fourth-order valence-corrected chi connectivity index (χ4v) is 2.20. The molecule has 0 aliphatic heterocycles. The first kappa shape index (κ1) is 14.9. The fourth-order valence-electron chi connectivity index (χ4n) is 1.74. The van der Waals surface area contributed by atoms with E-state index in [1.165, 1.54) is 5.56 Å². The third-order valence-electron chi connectivity index (χ3n) is 2.97. The summed E-state index contributed by atoms with van der Waals surface area (Å²) in [6, 6.07) is 12.5. The second kappa shape index (κ2) is 6.78. The summed E-state index contributed by atoms with van der Waals surface area (Å²) in [6.07, 6.45) is 0.940. The number of aryl methyl sites for hydroxylation is 1. The van der Waals surface area contributed by atoms with Crippen LogP contribution in [0.25, 0.3) is 0 Å². The van der Waals surface area contributed by atoms with E-state index in [9.17, 15) is 4.79 Å². The second-order valence-corrected chi connectivity index (χ2v) is 5.21. The van der Waals surface area contributed by atoms with Crippen molar-refractivity contribution >= 4 is 29.2 Å². The third kappa shape index (κ3) is 3.75. The standard InChI is InChI=1S/C16H14Cl2O2/c1-2-11-3-5-12(6-4-11)16(19)20-10-13-7-8-14(17)9-15(13)18/h3-9H,2,10H2,1H3. The predicted octanol–water partition coefficient (Wildman–Crippen LogP) is 4.91. The van der Waals surface area contributed by atoms with Crippen LogP contribution >= 0.6 is 23.2 Å². The molecule has 20 heavy (non-hydrogen) atoms. The van der Waals surface area contributed by atoms with Gasteiger partial charge in [-0.3, -0.25) is 0 Å². The van der Waals surface area contributed by atoms with Gasteiger partial charge in [0.05, 0.1) is 5.56 Å². The molecule has 0 fully saturated rings. The third-order valence-corrected chi connectivity index (χ3v) is 3.56. The number of carbonyl (C=O) groups excluding carboxylic acids is 1. The average molecular weight is 309 g/mol. The van der Waals surface area contributed by atoms with E-state index in [-0.39, 0.29) is 12.6 Å². The first-order valence-electron chi connectivity index (χ1n) is 6.30. The highest BCUT2D eigenvalue weighted by molar-refractivity contribution is 6.35. The number of benzene rings is 2. The Labute approximate surface area is 128 Å². The van der Waals surface area contributed by atoms with Gasteiger partial charge in [-0.15, -0.1) is 0 Å². The topological polar surface area (TPSA) is 26.3 Å². The molecule has 0 aromatic heterocycles. The van der Waals surface area contributed by atoms with Crippen molar-refractivity contribution in [2.75, 3.05) is 0 Å². The molecule has 2 nitrogen and oxygen atoms in total. The van der Waals surface area contributed by atoms with Crippen LogP contribution in [-0.2, 0) is 17.8 Å². The van der Waals surface area contributed by atoms with Crippen molar-refractivity contribution in [3.05, 3.63) is 69.2 Å². The molecule has 0 spiro atoms. The Balaban J connectivity index is 2.00. The SMILES string of the molecule is CCc1ccc(C(=O)OCc2ccc(Cl)cc2Cl)cc1. The van der Waals surface area contributed by atoms with Crippen LogP contribution < -0.4 is 0 Å². The van der Waals surface area contributed by atoms with E-state index in [4.69, 9.17) is 27.9 Å². The first-order chi connectivity index (χ1) is 9.60. The normalized spacial score (nSPS) is 10.3. The van der Waals surface area contributed by atoms with Crippen LogP contribution in [-0.4, -0.2) is 5.97 Å². The monoisotopic (exact) mass is 308 g/mol. The Bertz CT molecular complexity index is 606. The summed E-state index contributed by atoms with van der Waals surface area (Å²) >= 11 is 11.8. The highest BCUT2D eigenvalue weighted by Crippen LogP contribution is 2.22. The Morgan fingerprint density at radius 3 is 2.40 bits per heavy atom. The van der Waals surface area contributed by atoms with E-state index in [2.05, 4.69) is 6.92 Å². The lowest BCUT2D eigenvalue weighted by molar-refractivity contribution is 0.0473. The summed E-state index contributed by atoms with van der Waals surface area (Å²) in [5.74, 6) is -0.362. The molecule has 2 aromatic carbocycles. The van der Waals surface area contributed by atoms with Crippen molar-refractivity contribution in [2.24, 2.45) is 0 Å². The molecule has 2 aromatic rings. The Hall–Kier alpha value is -1.51. The van der Waals surface area contributed by atoms with Gasteiger partial charge in [0.2, 0.25) is 0 Å². The summed E-state index contributed by atoms with van der Waals surface area (Å²) in [6.45, 7) is 2.19.